The summed E-state index contributed by atoms with van der Waals surface area (Å²) in [5.41, 5.74) is 4.01. The molecule has 1 aromatic heterocycles. The van der Waals surface area contributed by atoms with Gasteiger partial charge < -0.3 is 4.74 Å². The van der Waals surface area contributed by atoms with Gasteiger partial charge in [-0.05, 0) is 31.0 Å². The van der Waals surface area contributed by atoms with E-state index in [4.69, 9.17) is 10.00 Å². The number of anilines is 1. The second kappa shape index (κ2) is 5.36. The minimum atomic E-state index is 0.287. The maximum absolute atomic E-state index is 8.50. The Labute approximate surface area is 111 Å². The summed E-state index contributed by atoms with van der Waals surface area (Å²) < 4.78 is 5.44. The Hall–Kier alpha value is -2.61. The lowest BCUT2D eigenvalue weighted by atomic mass is 10.0. The van der Waals surface area contributed by atoms with Crippen molar-refractivity contribution in [2.45, 2.75) is 13.8 Å². The molecular weight excluding hydrogens is 240 g/mol. The summed E-state index contributed by atoms with van der Waals surface area (Å²) in [6, 6.07) is 4.09. The zero-order valence-electron chi connectivity index (χ0n) is 11.1. The molecule has 19 heavy (non-hydrogen) atoms. The maximum atomic E-state index is 8.50. The van der Waals surface area contributed by atoms with Crippen LogP contribution in [-0.2, 0) is 0 Å². The van der Waals surface area contributed by atoms with Crippen LogP contribution in [0.15, 0.2) is 24.5 Å². The molecule has 0 spiro atoms. The zero-order chi connectivity index (χ0) is 13.8. The molecule has 0 unspecified atom stereocenters. The summed E-state index contributed by atoms with van der Waals surface area (Å²) in [5.74, 6) is 1.10. The number of hydrogen-bond donors (Lipinski definition) is 1. The van der Waals surface area contributed by atoms with Crippen molar-refractivity contribution in [3.63, 3.8) is 0 Å². The Bertz CT molecular complexity index is 629. The second-order valence-corrected chi connectivity index (χ2v) is 4.19. The number of aromatic nitrogens is 2. The second-order valence-electron chi connectivity index (χ2n) is 4.19. The topological polar surface area (TPSA) is 70.8 Å². The third-order valence-corrected chi connectivity index (χ3v) is 2.75. The van der Waals surface area contributed by atoms with Crippen molar-refractivity contribution < 1.29 is 4.74 Å². The van der Waals surface area contributed by atoms with Crippen molar-refractivity contribution in [2.24, 2.45) is 0 Å². The Morgan fingerprint density at radius 1 is 1.21 bits per heavy atom. The largest absolute Gasteiger partial charge is 0.496 e. The first-order chi connectivity index (χ1) is 9.15. The molecule has 0 saturated heterocycles. The van der Waals surface area contributed by atoms with E-state index in [0.29, 0.717) is 0 Å². The highest BCUT2D eigenvalue weighted by molar-refractivity contribution is 5.72. The number of aryl methyl sites for hydroxylation is 2. The van der Waals surface area contributed by atoms with Crippen LogP contribution < -0.4 is 10.1 Å². The van der Waals surface area contributed by atoms with Gasteiger partial charge in [-0.1, -0.05) is 6.07 Å². The number of nitrogens with one attached hydrogen (secondary N) is 1. The van der Waals surface area contributed by atoms with Gasteiger partial charge in [0.1, 0.15) is 5.75 Å². The van der Waals surface area contributed by atoms with E-state index in [0.717, 1.165) is 28.0 Å². The third-order valence-electron chi connectivity index (χ3n) is 2.75. The van der Waals surface area contributed by atoms with Gasteiger partial charge in [0, 0.05) is 23.5 Å². The van der Waals surface area contributed by atoms with Gasteiger partial charge in [0.05, 0.1) is 7.11 Å². The van der Waals surface area contributed by atoms with Crippen molar-refractivity contribution in [3.05, 3.63) is 35.7 Å². The molecule has 1 aromatic carbocycles. The van der Waals surface area contributed by atoms with E-state index in [-0.39, 0.29) is 5.95 Å². The SMILES string of the molecule is COc1c(C)cc(C)cc1-c1cnc(NC#N)nc1. The summed E-state index contributed by atoms with van der Waals surface area (Å²) in [5, 5.41) is 10.9. The Kier molecular flexibility index (Phi) is 3.62. The lowest BCUT2D eigenvalue weighted by Crippen LogP contribution is -1.97. The van der Waals surface area contributed by atoms with Crippen molar-refractivity contribution in [1.29, 1.82) is 5.26 Å². The first-order valence-electron chi connectivity index (χ1n) is 5.78. The summed E-state index contributed by atoms with van der Waals surface area (Å²) in [6.45, 7) is 4.03. The predicted molar refractivity (Wildman–Crippen MR) is 72.7 cm³/mol. The highest BCUT2D eigenvalue weighted by Gasteiger charge is 2.10. The van der Waals surface area contributed by atoms with Gasteiger partial charge in [-0.15, -0.1) is 0 Å². The molecule has 1 heterocycles. The molecule has 0 radical (unpaired) electrons. The van der Waals surface area contributed by atoms with Crippen LogP contribution >= 0.6 is 0 Å². The fraction of sp³-hybridized carbons (Fsp3) is 0.214. The highest BCUT2D eigenvalue weighted by atomic mass is 16.5. The fourth-order valence-corrected chi connectivity index (χ4v) is 2.02. The lowest BCUT2D eigenvalue weighted by molar-refractivity contribution is 0.413. The molecule has 2 rings (SSSR count). The molecule has 0 bridgehead atoms. The van der Waals surface area contributed by atoms with Gasteiger partial charge in [-0.3, -0.25) is 5.32 Å². The molecule has 0 atom stereocenters. The van der Waals surface area contributed by atoms with Crippen LogP contribution in [0.25, 0.3) is 11.1 Å². The van der Waals surface area contributed by atoms with Gasteiger partial charge in [-0.2, -0.15) is 5.26 Å². The predicted octanol–water partition coefficient (Wildman–Crippen LogP) is 2.66. The molecular formula is C14H14N4O. The van der Waals surface area contributed by atoms with E-state index >= 15 is 0 Å². The molecule has 0 fully saturated rings. The van der Waals surface area contributed by atoms with Crippen LogP contribution in [0.4, 0.5) is 5.95 Å². The first-order valence-corrected chi connectivity index (χ1v) is 5.78. The van der Waals surface area contributed by atoms with E-state index in [9.17, 15) is 0 Å². The number of rotatable bonds is 3. The average molecular weight is 254 g/mol. The zero-order valence-corrected chi connectivity index (χ0v) is 11.1. The van der Waals surface area contributed by atoms with Crippen molar-refractivity contribution in [3.8, 4) is 23.1 Å². The molecule has 0 aliphatic rings. The van der Waals surface area contributed by atoms with Crippen molar-refractivity contribution >= 4 is 5.95 Å². The summed E-state index contributed by atoms with van der Waals surface area (Å²) in [7, 11) is 1.65. The first kappa shape index (κ1) is 12.8. The maximum Gasteiger partial charge on any atom is 0.236 e. The number of nitriles is 1. The number of benzene rings is 1. The lowest BCUT2D eigenvalue weighted by Gasteiger charge is -2.12. The van der Waals surface area contributed by atoms with E-state index in [1.165, 1.54) is 0 Å². The molecule has 0 aliphatic heterocycles. The monoisotopic (exact) mass is 254 g/mol. The minimum absolute atomic E-state index is 0.287. The van der Waals surface area contributed by atoms with Crippen molar-refractivity contribution in [1.82, 2.24) is 9.97 Å². The summed E-state index contributed by atoms with van der Waals surface area (Å²) >= 11 is 0. The standard InChI is InChI=1S/C14H14N4O/c1-9-4-10(2)13(19-3)12(5-9)11-6-16-14(17-7-11)18-8-15/h4-7H,1-3H3,(H,16,17,18). The number of ether oxygens (including phenoxy) is 1. The van der Waals surface area contributed by atoms with Gasteiger partial charge in [0.2, 0.25) is 5.95 Å². The smallest absolute Gasteiger partial charge is 0.236 e. The minimum Gasteiger partial charge on any atom is -0.496 e. The van der Waals surface area contributed by atoms with Crippen LogP contribution in [0, 0.1) is 25.3 Å². The van der Waals surface area contributed by atoms with Crippen LogP contribution in [0.2, 0.25) is 0 Å². The average Bonchev–Trinajstić information content (AvgIpc) is 2.39. The van der Waals surface area contributed by atoms with Gasteiger partial charge in [0.25, 0.3) is 0 Å². The molecule has 5 heteroatoms. The summed E-state index contributed by atoms with van der Waals surface area (Å²) in [6.07, 6.45) is 5.12. The van der Waals surface area contributed by atoms with E-state index in [1.807, 2.05) is 19.9 Å². The van der Waals surface area contributed by atoms with Crippen LogP contribution in [0.3, 0.4) is 0 Å². The van der Waals surface area contributed by atoms with Crippen molar-refractivity contribution in [2.75, 3.05) is 12.4 Å². The fourth-order valence-electron chi connectivity index (χ4n) is 2.02. The molecule has 0 amide bonds. The Morgan fingerprint density at radius 2 is 1.89 bits per heavy atom. The summed E-state index contributed by atoms with van der Waals surface area (Å²) in [4.78, 5) is 8.16. The van der Waals surface area contributed by atoms with Gasteiger partial charge >= 0.3 is 0 Å². The number of hydrogen-bond acceptors (Lipinski definition) is 5. The normalized spacial score (nSPS) is 9.79. The molecule has 2 aromatic rings. The van der Waals surface area contributed by atoms with Crippen LogP contribution in [0.5, 0.6) is 5.75 Å². The van der Waals surface area contributed by atoms with Gasteiger partial charge in [0.15, 0.2) is 6.19 Å². The van der Waals surface area contributed by atoms with E-state index in [2.05, 4.69) is 21.4 Å². The van der Waals surface area contributed by atoms with Crippen LogP contribution in [0.1, 0.15) is 11.1 Å². The number of nitrogens with zero attached hydrogens (tertiary/aromatic N) is 3. The molecule has 1 N–H and O–H groups in total. The molecule has 0 saturated carbocycles. The Morgan fingerprint density at radius 3 is 2.47 bits per heavy atom. The molecule has 5 nitrogen and oxygen atoms in total. The van der Waals surface area contributed by atoms with E-state index < -0.39 is 0 Å². The highest BCUT2D eigenvalue weighted by Crippen LogP contribution is 2.33. The van der Waals surface area contributed by atoms with Gasteiger partial charge in [-0.25, -0.2) is 9.97 Å². The molecule has 0 aliphatic carbocycles. The molecule has 96 valence electrons. The number of methoxy groups -OCH3 is 1. The van der Waals surface area contributed by atoms with Crippen LogP contribution in [-0.4, -0.2) is 17.1 Å². The quantitative estimate of drug-likeness (QED) is 0.673. The van der Waals surface area contributed by atoms with E-state index in [1.54, 1.807) is 25.7 Å². The third kappa shape index (κ3) is 2.63. The Balaban J connectivity index is 2.49.